The van der Waals surface area contributed by atoms with Crippen molar-refractivity contribution in [3.05, 3.63) is 76.4 Å². The van der Waals surface area contributed by atoms with Gasteiger partial charge in [-0.3, -0.25) is 0 Å². The van der Waals surface area contributed by atoms with E-state index in [-0.39, 0.29) is 16.8 Å². The van der Waals surface area contributed by atoms with Crippen LogP contribution in [0.2, 0.25) is 0 Å². The molecule has 0 amide bonds. The average Bonchev–Trinajstić information content (AvgIpc) is 3.42. The highest BCUT2D eigenvalue weighted by molar-refractivity contribution is 5.88. The van der Waals surface area contributed by atoms with Crippen molar-refractivity contribution in [2.24, 2.45) is 11.8 Å². The maximum Gasteiger partial charge on any atom is 0.335 e. The number of benzene rings is 2. The van der Waals surface area contributed by atoms with Gasteiger partial charge in [0.2, 0.25) is 0 Å². The van der Waals surface area contributed by atoms with Crippen LogP contribution in [0.15, 0.2) is 48.5 Å². The topological polar surface area (TPSA) is 37.3 Å². The largest absolute Gasteiger partial charge is 0.478 e. The summed E-state index contributed by atoms with van der Waals surface area (Å²) in [4.78, 5) is 11.0. The Hall–Kier alpha value is -2.42. The van der Waals surface area contributed by atoms with E-state index in [0.29, 0.717) is 23.3 Å². The van der Waals surface area contributed by atoms with Crippen LogP contribution in [0.3, 0.4) is 0 Å². The van der Waals surface area contributed by atoms with Crippen LogP contribution in [0.5, 0.6) is 0 Å². The van der Waals surface area contributed by atoms with Crippen LogP contribution in [-0.2, 0) is 5.41 Å². The van der Waals surface area contributed by atoms with Gasteiger partial charge in [0.15, 0.2) is 0 Å². The minimum atomic E-state index is -1.00. The summed E-state index contributed by atoms with van der Waals surface area (Å²) in [5, 5.41) is 9.01. The number of fused-ring (bicyclic) bond motifs is 2. The molecule has 2 aliphatic carbocycles. The molecule has 134 valence electrons. The summed E-state index contributed by atoms with van der Waals surface area (Å²) in [7, 11) is 0. The SMILES string of the molecule is Cc1ccc2c(c1)C(C)(/C=C(/F)c1ccc(C(=O)O)cc1)C1CC1C2C. The van der Waals surface area contributed by atoms with Crippen molar-refractivity contribution >= 4 is 11.8 Å². The third-order valence-electron chi connectivity index (χ3n) is 6.37. The van der Waals surface area contributed by atoms with E-state index >= 15 is 4.39 Å². The molecule has 4 unspecified atom stereocenters. The molecule has 0 bridgehead atoms. The number of halogens is 1. The van der Waals surface area contributed by atoms with Gasteiger partial charge in [0.25, 0.3) is 0 Å². The van der Waals surface area contributed by atoms with E-state index in [0.717, 1.165) is 6.42 Å². The fourth-order valence-electron chi connectivity index (χ4n) is 4.72. The maximum absolute atomic E-state index is 15.1. The molecule has 0 spiro atoms. The summed E-state index contributed by atoms with van der Waals surface area (Å²) < 4.78 is 15.1. The van der Waals surface area contributed by atoms with Gasteiger partial charge in [-0.05, 0) is 60.4 Å². The zero-order valence-electron chi connectivity index (χ0n) is 15.3. The van der Waals surface area contributed by atoms with E-state index in [2.05, 4.69) is 39.0 Å². The van der Waals surface area contributed by atoms with E-state index in [9.17, 15) is 4.79 Å². The Labute approximate surface area is 153 Å². The van der Waals surface area contributed by atoms with E-state index < -0.39 is 5.97 Å². The molecule has 2 aliphatic rings. The molecule has 1 saturated carbocycles. The number of allylic oxidation sites excluding steroid dienone is 1. The lowest BCUT2D eigenvalue weighted by Crippen LogP contribution is -2.30. The molecule has 0 saturated heterocycles. The summed E-state index contributed by atoms with van der Waals surface area (Å²) in [6, 6.07) is 12.6. The molecular formula is C23H23FO2. The number of aryl methyl sites for hydroxylation is 1. The van der Waals surface area contributed by atoms with Crippen LogP contribution >= 0.6 is 0 Å². The quantitative estimate of drug-likeness (QED) is 0.769. The zero-order chi connectivity index (χ0) is 18.6. The van der Waals surface area contributed by atoms with Crippen molar-refractivity contribution in [1.29, 1.82) is 0 Å². The van der Waals surface area contributed by atoms with E-state index in [1.807, 2.05) is 0 Å². The Kier molecular flexibility index (Phi) is 3.80. The van der Waals surface area contributed by atoms with Gasteiger partial charge in [-0.2, -0.15) is 0 Å². The van der Waals surface area contributed by atoms with Gasteiger partial charge >= 0.3 is 5.97 Å². The predicted molar refractivity (Wildman–Crippen MR) is 101 cm³/mol. The molecule has 0 aliphatic heterocycles. The molecule has 26 heavy (non-hydrogen) atoms. The van der Waals surface area contributed by atoms with Gasteiger partial charge < -0.3 is 5.11 Å². The van der Waals surface area contributed by atoms with Gasteiger partial charge in [0, 0.05) is 11.0 Å². The van der Waals surface area contributed by atoms with Crippen molar-refractivity contribution in [2.75, 3.05) is 0 Å². The first-order chi connectivity index (χ1) is 12.3. The van der Waals surface area contributed by atoms with Gasteiger partial charge in [-0.15, -0.1) is 0 Å². The van der Waals surface area contributed by atoms with Crippen LogP contribution in [0.25, 0.3) is 5.83 Å². The number of carbonyl (C=O) groups is 1. The second-order valence-corrected chi connectivity index (χ2v) is 8.04. The van der Waals surface area contributed by atoms with Crippen LogP contribution in [-0.4, -0.2) is 11.1 Å². The number of hydrogen-bond acceptors (Lipinski definition) is 1. The molecule has 1 N–H and O–H groups in total. The van der Waals surface area contributed by atoms with Gasteiger partial charge in [0.1, 0.15) is 5.83 Å². The number of hydrogen-bond donors (Lipinski definition) is 1. The number of rotatable bonds is 3. The zero-order valence-corrected chi connectivity index (χ0v) is 15.3. The predicted octanol–water partition coefficient (Wildman–Crippen LogP) is 5.71. The summed E-state index contributed by atoms with van der Waals surface area (Å²) >= 11 is 0. The van der Waals surface area contributed by atoms with Crippen molar-refractivity contribution in [3.63, 3.8) is 0 Å². The first-order valence-corrected chi connectivity index (χ1v) is 9.14. The van der Waals surface area contributed by atoms with E-state index in [1.54, 1.807) is 18.2 Å². The highest BCUT2D eigenvalue weighted by Crippen LogP contribution is 2.64. The first-order valence-electron chi connectivity index (χ1n) is 9.14. The monoisotopic (exact) mass is 350 g/mol. The second kappa shape index (κ2) is 5.80. The maximum atomic E-state index is 15.1. The summed E-state index contributed by atoms with van der Waals surface area (Å²) in [5.74, 6) is 0.330. The van der Waals surface area contributed by atoms with Crippen molar-refractivity contribution in [2.45, 2.75) is 38.5 Å². The third kappa shape index (κ3) is 2.57. The average molecular weight is 350 g/mol. The van der Waals surface area contributed by atoms with Gasteiger partial charge in [0.05, 0.1) is 5.56 Å². The molecule has 2 aromatic rings. The fourth-order valence-corrected chi connectivity index (χ4v) is 4.72. The Bertz CT molecular complexity index is 912. The minimum absolute atomic E-state index is 0.169. The van der Waals surface area contributed by atoms with Crippen LogP contribution < -0.4 is 0 Å². The van der Waals surface area contributed by atoms with E-state index in [1.165, 1.54) is 28.8 Å². The molecule has 4 rings (SSSR count). The van der Waals surface area contributed by atoms with Crippen LogP contribution in [0.4, 0.5) is 4.39 Å². The van der Waals surface area contributed by atoms with Crippen molar-refractivity contribution < 1.29 is 14.3 Å². The summed E-state index contributed by atoms with van der Waals surface area (Å²) in [6.45, 7) is 6.51. The molecule has 3 heteroatoms. The lowest BCUT2D eigenvalue weighted by molar-refractivity contribution is 0.0697. The minimum Gasteiger partial charge on any atom is -0.478 e. The van der Waals surface area contributed by atoms with Crippen molar-refractivity contribution in [3.8, 4) is 0 Å². The smallest absolute Gasteiger partial charge is 0.335 e. The number of carboxylic acid groups (broad SMARTS) is 1. The first kappa shape index (κ1) is 17.0. The Morgan fingerprint density at radius 3 is 2.50 bits per heavy atom. The third-order valence-corrected chi connectivity index (χ3v) is 6.37. The molecule has 4 atom stereocenters. The van der Waals surface area contributed by atoms with Crippen molar-refractivity contribution in [1.82, 2.24) is 0 Å². The highest BCUT2D eigenvalue weighted by Gasteiger charge is 2.56. The normalized spacial score (nSPS) is 29.7. The fraction of sp³-hybridized carbons (Fsp3) is 0.348. The molecule has 0 radical (unpaired) electrons. The Morgan fingerprint density at radius 2 is 1.85 bits per heavy atom. The molecular weight excluding hydrogens is 327 g/mol. The van der Waals surface area contributed by atoms with E-state index in [4.69, 9.17) is 5.11 Å². The molecule has 0 aromatic heterocycles. The standard InChI is InChI=1S/C23H23FO2/c1-13-4-9-17-14(2)18-11-20(18)23(3,19(17)10-13)12-21(24)15-5-7-16(8-6-15)22(25)26/h4-10,12,14,18,20H,11H2,1-3H3,(H,25,26)/b21-12+. The highest BCUT2D eigenvalue weighted by atomic mass is 19.1. The second-order valence-electron chi connectivity index (χ2n) is 8.04. The van der Waals surface area contributed by atoms with Crippen LogP contribution in [0, 0.1) is 18.8 Å². The van der Waals surface area contributed by atoms with Crippen LogP contribution in [0.1, 0.15) is 58.8 Å². The summed E-state index contributed by atoms with van der Waals surface area (Å²) in [5.41, 5.74) is 4.04. The van der Waals surface area contributed by atoms with Gasteiger partial charge in [-0.1, -0.05) is 49.7 Å². The summed E-state index contributed by atoms with van der Waals surface area (Å²) in [6.07, 6.45) is 2.89. The van der Waals surface area contributed by atoms with Gasteiger partial charge in [-0.25, -0.2) is 9.18 Å². The molecule has 2 nitrogen and oxygen atoms in total. The Morgan fingerprint density at radius 1 is 1.19 bits per heavy atom. The Balaban J connectivity index is 1.77. The molecule has 2 aromatic carbocycles. The molecule has 1 fully saturated rings. The number of aromatic carboxylic acids is 1. The number of carboxylic acids is 1. The lowest BCUT2D eigenvalue weighted by atomic mass is 9.67. The molecule has 0 heterocycles. The lowest BCUT2D eigenvalue weighted by Gasteiger charge is -2.37.